The van der Waals surface area contributed by atoms with Crippen LogP contribution < -0.4 is 15.1 Å². The highest BCUT2D eigenvalue weighted by Gasteiger charge is 2.26. The van der Waals surface area contributed by atoms with Gasteiger partial charge in [-0.3, -0.25) is 9.59 Å². The average molecular weight is 423 g/mol. The molecule has 0 spiro atoms. The molecule has 0 bridgehead atoms. The van der Waals surface area contributed by atoms with Gasteiger partial charge in [0.2, 0.25) is 0 Å². The maximum absolute atomic E-state index is 12.5. The normalized spacial score (nSPS) is 14.6. The second kappa shape index (κ2) is 9.64. The van der Waals surface area contributed by atoms with Crippen molar-refractivity contribution in [2.45, 2.75) is 26.2 Å². The van der Waals surface area contributed by atoms with Crippen LogP contribution in [0.3, 0.4) is 0 Å². The molecule has 1 fully saturated rings. The molecule has 7 heteroatoms. The second-order valence-electron chi connectivity index (χ2n) is 8.52. The monoisotopic (exact) mass is 422 g/mol. The van der Waals surface area contributed by atoms with Crippen molar-refractivity contribution in [1.29, 1.82) is 0 Å². The third-order valence-electron chi connectivity index (χ3n) is 5.34. The van der Waals surface area contributed by atoms with Gasteiger partial charge in [0.15, 0.2) is 0 Å². The predicted octanol–water partition coefficient (Wildman–Crippen LogP) is 2.79. The van der Waals surface area contributed by atoms with Gasteiger partial charge in [-0.05, 0) is 28.7 Å². The van der Waals surface area contributed by atoms with Crippen molar-refractivity contribution in [3.63, 3.8) is 0 Å². The summed E-state index contributed by atoms with van der Waals surface area (Å²) in [5.41, 5.74) is 5.48. The Morgan fingerprint density at radius 2 is 1.65 bits per heavy atom. The Balaban J connectivity index is 1.51. The number of nitrogens with zero attached hydrogens (tertiary/aromatic N) is 3. The number of carbonyl (C=O) groups is 2. The van der Waals surface area contributed by atoms with E-state index in [1.165, 1.54) is 11.8 Å². The van der Waals surface area contributed by atoms with E-state index < -0.39 is 11.8 Å². The van der Waals surface area contributed by atoms with Crippen LogP contribution in [0.5, 0.6) is 5.75 Å². The summed E-state index contributed by atoms with van der Waals surface area (Å²) in [7, 11) is 1.64. The van der Waals surface area contributed by atoms with Crippen molar-refractivity contribution in [2.24, 2.45) is 5.10 Å². The van der Waals surface area contributed by atoms with Crippen LogP contribution in [-0.2, 0) is 15.0 Å². The number of amides is 2. The first-order valence-corrected chi connectivity index (χ1v) is 10.4. The first-order chi connectivity index (χ1) is 14.8. The number of anilines is 1. The zero-order valence-electron chi connectivity index (χ0n) is 18.6. The number of nitrogens with one attached hydrogen (secondary N) is 1. The van der Waals surface area contributed by atoms with E-state index in [0.717, 1.165) is 17.0 Å². The van der Waals surface area contributed by atoms with Gasteiger partial charge in [0, 0.05) is 26.2 Å². The predicted molar refractivity (Wildman–Crippen MR) is 123 cm³/mol. The molecule has 0 atom stereocenters. The molecule has 0 aliphatic carbocycles. The van der Waals surface area contributed by atoms with Crippen molar-refractivity contribution >= 4 is 23.7 Å². The van der Waals surface area contributed by atoms with E-state index in [1.807, 2.05) is 48.5 Å². The molecular formula is C24H30N4O3. The Bertz CT molecular complexity index is 940. The van der Waals surface area contributed by atoms with E-state index in [-0.39, 0.29) is 5.41 Å². The highest BCUT2D eigenvalue weighted by molar-refractivity contribution is 6.35. The Labute approximate surface area is 183 Å². The molecule has 2 aromatic carbocycles. The fourth-order valence-corrected chi connectivity index (χ4v) is 3.47. The summed E-state index contributed by atoms with van der Waals surface area (Å²) < 4.78 is 5.41. The molecule has 2 amide bonds. The molecule has 1 aliphatic heterocycles. The number of hydrogen-bond donors (Lipinski definition) is 1. The zero-order valence-corrected chi connectivity index (χ0v) is 18.6. The number of carbonyl (C=O) groups excluding carboxylic acids is 2. The van der Waals surface area contributed by atoms with Crippen molar-refractivity contribution in [1.82, 2.24) is 10.3 Å². The van der Waals surface area contributed by atoms with E-state index in [0.29, 0.717) is 26.2 Å². The van der Waals surface area contributed by atoms with E-state index in [1.54, 1.807) is 12.0 Å². The number of ether oxygens (including phenoxy) is 1. The molecule has 2 aromatic rings. The van der Waals surface area contributed by atoms with Gasteiger partial charge in [0.05, 0.1) is 19.0 Å². The Hall–Kier alpha value is -3.35. The number of benzene rings is 2. The Morgan fingerprint density at radius 1 is 1.00 bits per heavy atom. The molecule has 164 valence electrons. The summed E-state index contributed by atoms with van der Waals surface area (Å²) in [6.45, 7) is 8.63. The molecule has 0 aromatic heterocycles. The van der Waals surface area contributed by atoms with Crippen molar-refractivity contribution in [3.8, 4) is 5.75 Å². The van der Waals surface area contributed by atoms with Gasteiger partial charge < -0.3 is 14.5 Å². The molecule has 3 rings (SSSR count). The van der Waals surface area contributed by atoms with E-state index >= 15 is 0 Å². The largest absolute Gasteiger partial charge is 0.495 e. The van der Waals surface area contributed by atoms with Crippen LogP contribution in [0.4, 0.5) is 5.69 Å². The Kier molecular flexibility index (Phi) is 6.95. The molecule has 7 nitrogen and oxygen atoms in total. The van der Waals surface area contributed by atoms with Crippen molar-refractivity contribution in [2.75, 3.05) is 38.2 Å². The number of piperazine rings is 1. The lowest BCUT2D eigenvalue weighted by Crippen LogP contribution is -2.52. The van der Waals surface area contributed by atoms with E-state index in [2.05, 4.69) is 36.2 Å². The number of hydrazone groups is 1. The smallest absolute Gasteiger partial charge is 0.329 e. The molecule has 1 heterocycles. The third-order valence-corrected chi connectivity index (χ3v) is 5.34. The first-order valence-electron chi connectivity index (χ1n) is 10.4. The number of para-hydroxylation sites is 2. The zero-order chi connectivity index (χ0) is 22.4. The summed E-state index contributed by atoms with van der Waals surface area (Å²) in [5.74, 6) is -0.502. The molecule has 1 aliphatic rings. The lowest BCUT2D eigenvalue weighted by molar-refractivity contribution is -0.146. The van der Waals surface area contributed by atoms with E-state index in [9.17, 15) is 9.59 Å². The van der Waals surface area contributed by atoms with Gasteiger partial charge in [0.25, 0.3) is 0 Å². The molecule has 0 unspecified atom stereocenters. The summed E-state index contributed by atoms with van der Waals surface area (Å²) >= 11 is 0. The molecule has 0 radical (unpaired) electrons. The highest BCUT2D eigenvalue weighted by Crippen LogP contribution is 2.28. The number of rotatable bonds is 4. The van der Waals surface area contributed by atoms with Crippen molar-refractivity contribution < 1.29 is 14.3 Å². The van der Waals surface area contributed by atoms with Gasteiger partial charge in [-0.25, -0.2) is 5.43 Å². The Morgan fingerprint density at radius 3 is 2.26 bits per heavy atom. The van der Waals surface area contributed by atoms with Gasteiger partial charge in [-0.1, -0.05) is 57.2 Å². The van der Waals surface area contributed by atoms with Crippen LogP contribution in [0.15, 0.2) is 53.6 Å². The minimum absolute atomic E-state index is 0.0754. The van der Waals surface area contributed by atoms with Gasteiger partial charge >= 0.3 is 11.8 Å². The van der Waals surface area contributed by atoms with Crippen molar-refractivity contribution in [3.05, 3.63) is 59.7 Å². The van der Waals surface area contributed by atoms with Gasteiger partial charge in [-0.15, -0.1) is 0 Å². The third kappa shape index (κ3) is 5.63. The molecule has 31 heavy (non-hydrogen) atoms. The highest BCUT2D eigenvalue weighted by atomic mass is 16.5. The molecular weight excluding hydrogens is 392 g/mol. The van der Waals surface area contributed by atoms with Gasteiger partial charge in [0.1, 0.15) is 5.75 Å². The summed E-state index contributed by atoms with van der Waals surface area (Å²) in [5, 5.41) is 3.94. The topological polar surface area (TPSA) is 74.2 Å². The second-order valence-corrected chi connectivity index (χ2v) is 8.52. The van der Waals surface area contributed by atoms with Gasteiger partial charge in [-0.2, -0.15) is 5.10 Å². The molecule has 0 saturated carbocycles. The van der Waals surface area contributed by atoms with Crippen LogP contribution in [0, 0.1) is 0 Å². The quantitative estimate of drug-likeness (QED) is 0.467. The fraction of sp³-hybridized carbons (Fsp3) is 0.375. The average Bonchev–Trinajstić information content (AvgIpc) is 2.78. The molecule has 1 N–H and O–H groups in total. The fourth-order valence-electron chi connectivity index (χ4n) is 3.47. The van der Waals surface area contributed by atoms with E-state index in [4.69, 9.17) is 4.74 Å². The summed E-state index contributed by atoms with van der Waals surface area (Å²) in [6, 6.07) is 15.7. The summed E-state index contributed by atoms with van der Waals surface area (Å²) in [6.07, 6.45) is 1.54. The lowest BCUT2D eigenvalue weighted by atomic mass is 9.87. The molecule has 1 saturated heterocycles. The minimum atomic E-state index is -0.728. The van der Waals surface area contributed by atoms with Crippen LogP contribution in [0.2, 0.25) is 0 Å². The minimum Gasteiger partial charge on any atom is -0.495 e. The van der Waals surface area contributed by atoms with Crippen LogP contribution in [0.25, 0.3) is 0 Å². The number of methoxy groups -OCH3 is 1. The maximum atomic E-state index is 12.5. The van der Waals surface area contributed by atoms with Crippen LogP contribution >= 0.6 is 0 Å². The SMILES string of the molecule is COc1ccccc1N1CCN(C(=O)C(=O)N/N=C\c2ccc(C(C)(C)C)cc2)CC1. The number of hydrogen-bond acceptors (Lipinski definition) is 5. The first kappa shape index (κ1) is 22.3. The lowest BCUT2D eigenvalue weighted by Gasteiger charge is -2.36. The maximum Gasteiger partial charge on any atom is 0.329 e. The van der Waals surface area contributed by atoms with Crippen LogP contribution in [0.1, 0.15) is 31.9 Å². The summed E-state index contributed by atoms with van der Waals surface area (Å²) in [4.78, 5) is 28.4. The standard InChI is InChI=1S/C24H30N4O3/c1-24(2,3)19-11-9-18(10-12-19)17-25-26-22(29)23(30)28-15-13-27(14-16-28)20-7-5-6-8-21(20)31-4/h5-12,17H,13-16H2,1-4H3,(H,26,29)/b25-17-. The van der Waals surface area contributed by atoms with Crippen LogP contribution in [-0.4, -0.2) is 56.2 Å².